The number of rotatable bonds is 6. The Morgan fingerprint density at radius 3 is 2.53 bits per heavy atom. The summed E-state index contributed by atoms with van der Waals surface area (Å²) in [6.07, 6.45) is 1.30. The summed E-state index contributed by atoms with van der Waals surface area (Å²) in [4.78, 5) is 51.8. The van der Waals surface area contributed by atoms with Crippen molar-refractivity contribution in [3.63, 3.8) is 0 Å². The molecule has 0 bridgehead atoms. The number of amides is 5. The van der Waals surface area contributed by atoms with Gasteiger partial charge < -0.3 is 10.1 Å². The van der Waals surface area contributed by atoms with Crippen LogP contribution < -0.4 is 20.3 Å². The number of urea groups is 1. The average Bonchev–Trinajstić information content (AvgIpc) is 2.83. The summed E-state index contributed by atoms with van der Waals surface area (Å²) in [7, 11) is 0. The molecule has 0 aromatic heterocycles. The molecule has 0 unspecified atom stereocenters. The highest BCUT2D eigenvalue weighted by Crippen LogP contribution is 2.35. The molecule has 1 aliphatic heterocycles. The second-order valence-electron chi connectivity index (χ2n) is 8.38. The predicted molar refractivity (Wildman–Crippen MR) is 152 cm³/mol. The van der Waals surface area contributed by atoms with Crippen molar-refractivity contribution in [3.05, 3.63) is 90.8 Å². The molecule has 194 valence electrons. The monoisotopic (exact) mass is 659 g/mol. The van der Waals surface area contributed by atoms with E-state index in [0.717, 1.165) is 16.0 Å². The van der Waals surface area contributed by atoms with Crippen LogP contribution in [0.4, 0.5) is 16.2 Å². The standard InChI is InChI=1S/C27H20Br2ClN3O5/c1-14-6-7-19(8-15(14)2)31-23(34)13-38-24-16(9-17(28)11-22(24)29)10-21-25(35)32-27(37)33(26(21)36)20-5-3-4-18(30)12-20/h3-12H,13H2,1-2H3,(H,31,34)(H,32,35,37)/b21-10+. The van der Waals surface area contributed by atoms with E-state index in [0.29, 0.717) is 25.2 Å². The van der Waals surface area contributed by atoms with Crippen LogP contribution in [0.1, 0.15) is 16.7 Å². The normalized spacial score (nSPS) is 14.5. The number of nitrogens with one attached hydrogen (secondary N) is 2. The topological polar surface area (TPSA) is 105 Å². The first-order chi connectivity index (χ1) is 18.0. The maximum atomic E-state index is 13.3. The Balaban J connectivity index is 1.62. The molecule has 1 saturated heterocycles. The second-order valence-corrected chi connectivity index (χ2v) is 10.6. The third-order valence-corrected chi connectivity index (χ3v) is 6.93. The fraction of sp³-hybridized carbons (Fsp3) is 0.111. The number of carbonyl (C=O) groups is 4. The molecule has 11 heteroatoms. The minimum atomic E-state index is -0.894. The van der Waals surface area contributed by atoms with Crippen LogP contribution in [0.5, 0.6) is 5.75 Å². The zero-order valence-electron chi connectivity index (χ0n) is 20.1. The number of benzene rings is 3. The van der Waals surface area contributed by atoms with E-state index in [2.05, 4.69) is 42.5 Å². The van der Waals surface area contributed by atoms with Crippen molar-refractivity contribution in [2.45, 2.75) is 13.8 Å². The molecule has 5 amide bonds. The fourth-order valence-electron chi connectivity index (χ4n) is 3.66. The number of nitrogens with zero attached hydrogens (tertiary/aromatic N) is 1. The SMILES string of the molecule is Cc1ccc(NC(=O)COc2c(Br)cc(Br)cc2/C=C2\C(=O)NC(=O)N(c3cccc(Cl)c3)C2=O)cc1C. The van der Waals surface area contributed by atoms with E-state index in [1.54, 1.807) is 30.3 Å². The lowest BCUT2D eigenvalue weighted by molar-refractivity contribution is -0.122. The van der Waals surface area contributed by atoms with E-state index in [1.807, 2.05) is 26.0 Å². The van der Waals surface area contributed by atoms with Crippen molar-refractivity contribution in [3.8, 4) is 5.75 Å². The number of ether oxygens (including phenoxy) is 1. The number of anilines is 2. The zero-order valence-corrected chi connectivity index (χ0v) is 24.0. The van der Waals surface area contributed by atoms with Crippen LogP contribution in [0.15, 0.2) is 69.1 Å². The Bertz CT molecular complexity index is 1520. The van der Waals surface area contributed by atoms with Gasteiger partial charge in [0.05, 0.1) is 10.2 Å². The summed E-state index contributed by atoms with van der Waals surface area (Å²) in [6.45, 7) is 3.59. The molecule has 4 rings (SSSR count). The molecule has 38 heavy (non-hydrogen) atoms. The first-order valence-electron chi connectivity index (χ1n) is 11.2. The third kappa shape index (κ3) is 6.15. The first kappa shape index (κ1) is 27.6. The van der Waals surface area contributed by atoms with Crippen LogP contribution in [-0.4, -0.2) is 30.4 Å². The van der Waals surface area contributed by atoms with Gasteiger partial charge >= 0.3 is 6.03 Å². The second kappa shape index (κ2) is 11.5. The van der Waals surface area contributed by atoms with Crippen LogP contribution >= 0.6 is 43.5 Å². The highest BCUT2D eigenvalue weighted by molar-refractivity contribution is 9.11. The number of barbiturate groups is 1. The largest absolute Gasteiger partial charge is 0.482 e. The highest BCUT2D eigenvalue weighted by atomic mass is 79.9. The smallest absolute Gasteiger partial charge is 0.335 e. The van der Waals surface area contributed by atoms with Gasteiger partial charge in [-0.15, -0.1) is 0 Å². The first-order valence-corrected chi connectivity index (χ1v) is 13.2. The number of hydrogen-bond donors (Lipinski definition) is 2. The van der Waals surface area contributed by atoms with Gasteiger partial charge in [-0.3, -0.25) is 19.7 Å². The summed E-state index contributed by atoms with van der Waals surface area (Å²) in [5.74, 6) is -1.88. The van der Waals surface area contributed by atoms with Gasteiger partial charge in [0.2, 0.25) is 0 Å². The van der Waals surface area contributed by atoms with Crippen LogP contribution in [0, 0.1) is 13.8 Å². The molecule has 0 saturated carbocycles. The Morgan fingerprint density at radius 2 is 1.82 bits per heavy atom. The average molecular weight is 662 g/mol. The molecule has 0 aliphatic carbocycles. The molecule has 3 aromatic carbocycles. The molecule has 2 N–H and O–H groups in total. The maximum absolute atomic E-state index is 13.3. The van der Waals surface area contributed by atoms with Crippen molar-refractivity contribution in [1.29, 1.82) is 0 Å². The summed E-state index contributed by atoms with van der Waals surface area (Å²) in [5, 5.41) is 5.27. The van der Waals surface area contributed by atoms with Crippen LogP contribution in [0.2, 0.25) is 5.02 Å². The van der Waals surface area contributed by atoms with Crippen molar-refractivity contribution in [1.82, 2.24) is 5.32 Å². The molecular formula is C27H20Br2ClN3O5. The number of hydrogen-bond acceptors (Lipinski definition) is 5. The van der Waals surface area contributed by atoms with E-state index in [4.69, 9.17) is 16.3 Å². The minimum absolute atomic E-state index is 0.202. The zero-order chi connectivity index (χ0) is 27.6. The Labute approximate surface area is 240 Å². The summed E-state index contributed by atoms with van der Waals surface area (Å²) in [5.41, 5.74) is 2.99. The molecule has 0 spiro atoms. The third-order valence-electron chi connectivity index (χ3n) is 5.64. The quantitative estimate of drug-likeness (QED) is 0.243. The number of imide groups is 2. The van der Waals surface area contributed by atoms with E-state index >= 15 is 0 Å². The Hall–Kier alpha value is -3.47. The number of carbonyl (C=O) groups excluding carboxylic acids is 4. The molecule has 1 aliphatic rings. The van der Waals surface area contributed by atoms with Gasteiger partial charge in [0.25, 0.3) is 17.7 Å². The van der Waals surface area contributed by atoms with Crippen molar-refractivity contribution >= 4 is 84.7 Å². The lowest BCUT2D eigenvalue weighted by Gasteiger charge is -2.26. The predicted octanol–water partition coefficient (Wildman–Crippen LogP) is 6.17. The van der Waals surface area contributed by atoms with Crippen molar-refractivity contribution in [2.24, 2.45) is 0 Å². The lowest BCUT2D eigenvalue weighted by Crippen LogP contribution is -2.54. The van der Waals surface area contributed by atoms with E-state index in [-0.39, 0.29) is 23.6 Å². The van der Waals surface area contributed by atoms with Gasteiger partial charge in [0, 0.05) is 20.7 Å². The van der Waals surface area contributed by atoms with Crippen molar-refractivity contribution in [2.75, 3.05) is 16.8 Å². The Morgan fingerprint density at radius 1 is 1.05 bits per heavy atom. The maximum Gasteiger partial charge on any atom is 0.335 e. The van der Waals surface area contributed by atoms with E-state index in [9.17, 15) is 19.2 Å². The van der Waals surface area contributed by atoms with Crippen LogP contribution in [-0.2, 0) is 14.4 Å². The summed E-state index contributed by atoms with van der Waals surface area (Å²) >= 11 is 12.8. The van der Waals surface area contributed by atoms with Crippen LogP contribution in [0.3, 0.4) is 0 Å². The Kier molecular flexibility index (Phi) is 8.35. The van der Waals surface area contributed by atoms with Gasteiger partial charge in [-0.05, 0) is 89.4 Å². The molecule has 0 radical (unpaired) electrons. The van der Waals surface area contributed by atoms with E-state index in [1.165, 1.54) is 18.2 Å². The van der Waals surface area contributed by atoms with E-state index < -0.39 is 23.8 Å². The molecule has 1 fully saturated rings. The fourth-order valence-corrected chi connectivity index (χ4v) is 5.21. The summed E-state index contributed by atoms with van der Waals surface area (Å²) < 4.78 is 6.90. The molecular weight excluding hydrogens is 642 g/mol. The van der Waals surface area contributed by atoms with Crippen LogP contribution in [0.25, 0.3) is 6.08 Å². The number of halogens is 3. The molecule has 0 atom stereocenters. The summed E-state index contributed by atoms with van der Waals surface area (Å²) in [6, 6.07) is 14.1. The number of aryl methyl sites for hydroxylation is 2. The highest BCUT2D eigenvalue weighted by Gasteiger charge is 2.37. The van der Waals surface area contributed by atoms with Crippen molar-refractivity contribution < 1.29 is 23.9 Å². The van der Waals surface area contributed by atoms with Gasteiger partial charge in [0.15, 0.2) is 6.61 Å². The minimum Gasteiger partial charge on any atom is -0.482 e. The lowest BCUT2D eigenvalue weighted by atomic mass is 10.1. The molecule has 3 aromatic rings. The van der Waals surface area contributed by atoms with Gasteiger partial charge in [-0.25, -0.2) is 9.69 Å². The van der Waals surface area contributed by atoms with Gasteiger partial charge in [-0.1, -0.05) is 39.7 Å². The van der Waals surface area contributed by atoms with Gasteiger partial charge in [-0.2, -0.15) is 0 Å². The molecule has 1 heterocycles. The van der Waals surface area contributed by atoms with Gasteiger partial charge in [0.1, 0.15) is 11.3 Å². The molecule has 8 nitrogen and oxygen atoms in total.